The lowest BCUT2D eigenvalue weighted by Crippen LogP contribution is -2.46. The maximum Gasteiger partial charge on any atom is 0.417 e. The number of rotatable bonds is 7. The number of ether oxygens (including phenoxy) is 1. The molecule has 13 heteroatoms. The number of nitrogens with zero attached hydrogens (tertiary/aromatic N) is 1. The minimum absolute atomic E-state index is 0.0214. The molecule has 186 valence electrons. The van der Waals surface area contributed by atoms with E-state index >= 15 is 0 Å². The first kappa shape index (κ1) is 26.1. The third kappa shape index (κ3) is 5.95. The highest BCUT2D eigenvalue weighted by Crippen LogP contribution is 2.36. The van der Waals surface area contributed by atoms with Crippen molar-refractivity contribution in [2.75, 3.05) is 26.7 Å². The summed E-state index contributed by atoms with van der Waals surface area (Å²) < 4.78 is 99.5. The van der Waals surface area contributed by atoms with Crippen LogP contribution in [-0.2, 0) is 35.6 Å². The zero-order valence-electron chi connectivity index (χ0n) is 18.1. The normalized spacial score (nSPS) is 16.4. The summed E-state index contributed by atoms with van der Waals surface area (Å²) in [5, 5.41) is 0. The fraction of sp³-hybridized carbons (Fsp3) is 0.381. The molecule has 1 aliphatic heterocycles. The summed E-state index contributed by atoms with van der Waals surface area (Å²) >= 11 is 0. The number of methoxy groups -OCH3 is 1. The average molecular weight is 521 g/mol. The van der Waals surface area contributed by atoms with Crippen molar-refractivity contribution in [3.05, 3.63) is 54.1 Å². The van der Waals surface area contributed by atoms with Gasteiger partial charge in [-0.15, -0.1) is 0 Å². The minimum atomic E-state index is -5.02. The molecule has 1 heterocycles. The number of halogens is 3. The second-order valence-corrected chi connectivity index (χ2v) is 11.4. The molecule has 1 aliphatic rings. The van der Waals surface area contributed by atoms with Gasteiger partial charge in [0, 0.05) is 19.1 Å². The van der Waals surface area contributed by atoms with Crippen LogP contribution in [0.1, 0.15) is 18.4 Å². The highest BCUT2D eigenvalue weighted by atomic mass is 32.2. The summed E-state index contributed by atoms with van der Waals surface area (Å²) in [5.74, 6) is -0.453. The molecule has 1 fully saturated rings. The Balaban J connectivity index is 1.91. The Morgan fingerprint density at radius 3 is 2.21 bits per heavy atom. The Morgan fingerprint density at radius 2 is 1.65 bits per heavy atom. The quantitative estimate of drug-likeness (QED) is 0.559. The fourth-order valence-electron chi connectivity index (χ4n) is 3.60. The van der Waals surface area contributed by atoms with Crippen LogP contribution in [-0.4, -0.2) is 60.5 Å². The van der Waals surface area contributed by atoms with Crippen molar-refractivity contribution >= 4 is 25.8 Å². The lowest BCUT2D eigenvalue weighted by Gasteiger charge is -2.31. The standard InChI is InChI=1S/C21H23F3N2O6S2/c1-32-20(27)14-26-11-9-15(10-12-26)25-34(30,31)19-13-17(7-8-18(19)21(22,23)24)33(28,29)16-5-3-2-4-6-16/h2-8,13,15,25H,9-12,14H2,1H3. The molecule has 0 aromatic heterocycles. The Labute approximate surface area is 195 Å². The summed E-state index contributed by atoms with van der Waals surface area (Å²) in [4.78, 5) is 11.2. The third-order valence-electron chi connectivity index (χ3n) is 5.40. The molecular weight excluding hydrogens is 497 g/mol. The van der Waals surface area contributed by atoms with Crippen LogP contribution in [0.25, 0.3) is 0 Å². The smallest absolute Gasteiger partial charge is 0.417 e. The minimum Gasteiger partial charge on any atom is -0.468 e. The largest absolute Gasteiger partial charge is 0.468 e. The van der Waals surface area contributed by atoms with Gasteiger partial charge in [0.05, 0.1) is 33.9 Å². The van der Waals surface area contributed by atoms with Gasteiger partial charge in [-0.3, -0.25) is 9.69 Å². The summed E-state index contributed by atoms with van der Waals surface area (Å²) in [7, 11) is -7.73. The van der Waals surface area contributed by atoms with E-state index in [-0.39, 0.29) is 24.3 Å². The van der Waals surface area contributed by atoms with Crippen LogP contribution in [0.4, 0.5) is 13.2 Å². The Kier molecular flexibility index (Phi) is 7.70. The van der Waals surface area contributed by atoms with Crippen LogP contribution < -0.4 is 4.72 Å². The molecule has 2 aromatic rings. The highest BCUT2D eigenvalue weighted by molar-refractivity contribution is 7.91. The number of benzene rings is 2. The van der Waals surface area contributed by atoms with Crippen molar-refractivity contribution in [3.8, 4) is 0 Å². The predicted molar refractivity (Wildman–Crippen MR) is 115 cm³/mol. The zero-order valence-corrected chi connectivity index (χ0v) is 19.7. The fourth-order valence-corrected chi connectivity index (χ4v) is 6.54. The van der Waals surface area contributed by atoms with E-state index in [1.54, 1.807) is 11.0 Å². The molecule has 3 rings (SSSR count). The Morgan fingerprint density at radius 1 is 1.03 bits per heavy atom. The van der Waals surface area contributed by atoms with Gasteiger partial charge in [-0.05, 0) is 43.2 Å². The number of sulfonamides is 1. The molecule has 0 spiro atoms. The molecule has 2 aromatic carbocycles. The van der Waals surface area contributed by atoms with Crippen LogP contribution in [0.15, 0.2) is 63.2 Å². The van der Waals surface area contributed by atoms with Crippen molar-refractivity contribution < 1.29 is 39.5 Å². The van der Waals surface area contributed by atoms with Gasteiger partial charge in [0.1, 0.15) is 0 Å². The Hall–Kier alpha value is -2.48. The third-order valence-corrected chi connectivity index (χ3v) is 8.73. The molecule has 0 radical (unpaired) electrons. The summed E-state index contributed by atoms with van der Waals surface area (Å²) in [6.45, 7) is 0.682. The number of sulfone groups is 1. The molecule has 0 saturated carbocycles. The van der Waals surface area contributed by atoms with E-state index in [1.807, 2.05) is 0 Å². The van der Waals surface area contributed by atoms with Crippen LogP contribution in [0.5, 0.6) is 0 Å². The number of likely N-dealkylation sites (tertiary alicyclic amines) is 1. The zero-order chi connectivity index (χ0) is 25.1. The van der Waals surface area contributed by atoms with Crippen LogP contribution in [0, 0.1) is 0 Å². The molecule has 8 nitrogen and oxygen atoms in total. The maximum atomic E-state index is 13.6. The number of piperidine rings is 1. The first-order chi connectivity index (χ1) is 15.8. The van der Waals surface area contributed by atoms with Crippen molar-refractivity contribution in [2.45, 2.75) is 39.7 Å². The summed E-state index contributed by atoms with van der Waals surface area (Å²) in [5.41, 5.74) is -1.46. The van der Waals surface area contributed by atoms with Crippen molar-refractivity contribution in [1.82, 2.24) is 9.62 Å². The summed E-state index contributed by atoms with van der Waals surface area (Å²) in [6, 6.07) is 8.06. The lowest BCUT2D eigenvalue weighted by atomic mass is 10.1. The lowest BCUT2D eigenvalue weighted by molar-refractivity contribution is -0.142. The first-order valence-corrected chi connectivity index (χ1v) is 13.1. The second kappa shape index (κ2) is 10.0. The van der Waals surface area contributed by atoms with E-state index in [2.05, 4.69) is 9.46 Å². The van der Waals surface area contributed by atoms with Gasteiger partial charge >= 0.3 is 12.1 Å². The molecule has 1 N–H and O–H groups in total. The average Bonchev–Trinajstić information content (AvgIpc) is 2.79. The van der Waals surface area contributed by atoms with Crippen molar-refractivity contribution in [1.29, 1.82) is 0 Å². The number of nitrogens with one attached hydrogen (secondary N) is 1. The monoisotopic (exact) mass is 520 g/mol. The van der Waals surface area contributed by atoms with Gasteiger partial charge in [-0.1, -0.05) is 18.2 Å². The molecule has 0 bridgehead atoms. The second-order valence-electron chi connectivity index (χ2n) is 7.72. The molecule has 1 saturated heterocycles. The van der Waals surface area contributed by atoms with E-state index in [0.29, 0.717) is 25.2 Å². The van der Waals surface area contributed by atoms with Gasteiger partial charge in [0.15, 0.2) is 0 Å². The molecular formula is C21H23F3N2O6S2. The van der Waals surface area contributed by atoms with Crippen LogP contribution >= 0.6 is 0 Å². The van der Waals surface area contributed by atoms with Crippen LogP contribution in [0.2, 0.25) is 0 Å². The number of carbonyl (C=O) groups excluding carboxylic acids is 1. The molecule has 0 unspecified atom stereocenters. The number of hydrogen-bond acceptors (Lipinski definition) is 7. The maximum absolute atomic E-state index is 13.6. The van der Waals surface area contributed by atoms with Crippen molar-refractivity contribution in [2.24, 2.45) is 0 Å². The molecule has 0 atom stereocenters. The predicted octanol–water partition coefficient (Wildman–Crippen LogP) is 2.45. The molecule has 34 heavy (non-hydrogen) atoms. The number of carbonyl (C=O) groups is 1. The van der Waals surface area contributed by atoms with Gasteiger partial charge in [-0.25, -0.2) is 21.6 Å². The summed E-state index contributed by atoms with van der Waals surface area (Å²) in [6.07, 6.45) is -4.53. The highest BCUT2D eigenvalue weighted by Gasteiger charge is 2.39. The van der Waals surface area contributed by atoms with Gasteiger partial charge in [0.25, 0.3) is 0 Å². The topological polar surface area (TPSA) is 110 Å². The number of esters is 1. The van der Waals surface area contributed by atoms with E-state index in [9.17, 15) is 34.8 Å². The van der Waals surface area contributed by atoms with E-state index in [1.165, 1.54) is 31.4 Å². The van der Waals surface area contributed by atoms with Crippen molar-refractivity contribution in [3.63, 3.8) is 0 Å². The van der Waals surface area contributed by atoms with Gasteiger partial charge < -0.3 is 4.74 Å². The SMILES string of the molecule is COC(=O)CN1CCC(NS(=O)(=O)c2cc(S(=O)(=O)c3ccccc3)ccc2C(F)(F)F)CC1. The molecule has 0 aliphatic carbocycles. The number of alkyl halides is 3. The van der Waals surface area contributed by atoms with E-state index in [0.717, 1.165) is 6.07 Å². The van der Waals surface area contributed by atoms with Gasteiger partial charge in [0.2, 0.25) is 19.9 Å². The van der Waals surface area contributed by atoms with E-state index < -0.39 is 53.4 Å². The van der Waals surface area contributed by atoms with Crippen LogP contribution in [0.3, 0.4) is 0 Å². The first-order valence-electron chi connectivity index (χ1n) is 10.2. The Bertz CT molecular complexity index is 1240. The van der Waals surface area contributed by atoms with Gasteiger partial charge in [-0.2, -0.15) is 13.2 Å². The number of hydrogen-bond donors (Lipinski definition) is 1. The van der Waals surface area contributed by atoms with E-state index in [4.69, 9.17) is 0 Å². The molecule has 0 amide bonds.